The van der Waals surface area contributed by atoms with E-state index in [0.29, 0.717) is 42.2 Å². The lowest BCUT2D eigenvalue weighted by Crippen LogP contribution is -2.17. The molecule has 192 valence electrons. The summed E-state index contributed by atoms with van der Waals surface area (Å²) in [6.45, 7) is 3.69. The molecule has 6 heteroatoms. The van der Waals surface area contributed by atoms with E-state index >= 15 is 4.39 Å². The first kappa shape index (κ1) is 26.4. The molecule has 0 unspecified atom stereocenters. The van der Waals surface area contributed by atoms with Gasteiger partial charge in [0, 0.05) is 5.39 Å². The quantitative estimate of drug-likeness (QED) is 0.153. The highest BCUT2D eigenvalue weighted by Gasteiger charge is 2.30. The number of rotatable bonds is 10. The lowest BCUT2D eigenvalue weighted by Gasteiger charge is -2.11. The van der Waals surface area contributed by atoms with Gasteiger partial charge >= 0.3 is 6.36 Å². The van der Waals surface area contributed by atoms with Gasteiger partial charge < -0.3 is 4.74 Å². The Bertz CT molecular complexity index is 1370. The van der Waals surface area contributed by atoms with Crippen LogP contribution in [0.3, 0.4) is 0 Å². The minimum Gasteiger partial charge on any atom is -0.406 e. The van der Waals surface area contributed by atoms with Crippen molar-refractivity contribution in [2.75, 3.05) is 0 Å². The minimum atomic E-state index is -4.73. The highest BCUT2D eigenvalue weighted by molar-refractivity contribution is 5.84. The van der Waals surface area contributed by atoms with Crippen molar-refractivity contribution in [2.24, 2.45) is 0 Å². The van der Waals surface area contributed by atoms with Gasteiger partial charge in [0.2, 0.25) is 0 Å². The molecule has 0 bridgehead atoms. The van der Waals surface area contributed by atoms with E-state index in [2.05, 4.69) is 11.3 Å². The summed E-state index contributed by atoms with van der Waals surface area (Å²) >= 11 is 0. The van der Waals surface area contributed by atoms with E-state index < -0.39 is 6.36 Å². The molecule has 0 amide bonds. The Kier molecular flexibility index (Phi) is 8.27. The summed E-state index contributed by atoms with van der Waals surface area (Å²) in [5.74, 6) is -0.796. The average molecular weight is 511 g/mol. The third-order valence-electron chi connectivity index (χ3n) is 6.38. The molecular formula is C31H27F5O. The molecule has 0 aromatic heterocycles. The first-order chi connectivity index (χ1) is 17.7. The summed E-state index contributed by atoms with van der Waals surface area (Å²) < 4.78 is 70.5. The highest BCUT2D eigenvalue weighted by Crippen LogP contribution is 2.26. The number of benzene rings is 4. The predicted octanol–water partition coefficient (Wildman–Crippen LogP) is 8.71. The third kappa shape index (κ3) is 7.19. The summed E-state index contributed by atoms with van der Waals surface area (Å²) in [7, 11) is 0. The van der Waals surface area contributed by atoms with E-state index in [0.717, 1.165) is 34.9 Å². The average Bonchev–Trinajstić information content (AvgIpc) is 2.86. The van der Waals surface area contributed by atoms with Crippen molar-refractivity contribution in [3.63, 3.8) is 0 Å². The van der Waals surface area contributed by atoms with Crippen LogP contribution in [0.25, 0.3) is 10.8 Å². The van der Waals surface area contributed by atoms with E-state index in [4.69, 9.17) is 0 Å². The molecule has 0 radical (unpaired) electrons. The van der Waals surface area contributed by atoms with Crippen LogP contribution in [-0.2, 0) is 32.1 Å². The number of aryl methyl sites for hydroxylation is 5. The molecule has 0 spiro atoms. The van der Waals surface area contributed by atoms with Crippen LogP contribution in [0.4, 0.5) is 22.0 Å². The fraction of sp³-hybridized carbons (Fsp3) is 0.226. The highest BCUT2D eigenvalue weighted by atomic mass is 19.4. The van der Waals surface area contributed by atoms with Gasteiger partial charge in [0.05, 0.1) is 0 Å². The molecule has 0 fully saturated rings. The number of fused-ring (bicyclic) bond motifs is 1. The van der Waals surface area contributed by atoms with Crippen LogP contribution >= 0.6 is 0 Å². The van der Waals surface area contributed by atoms with E-state index in [1.165, 1.54) is 12.1 Å². The Hall–Kier alpha value is -3.67. The number of ether oxygens (including phenoxy) is 1. The number of allylic oxidation sites excluding steroid dienone is 1. The van der Waals surface area contributed by atoms with Gasteiger partial charge in [-0.1, -0.05) is 60.7 Å². The standard InChI is InChI=1S/C31H27F5O/c1-2-3-4-22-6-11-24(29(32)20-22)12-7-23-10-18-28-26(19-23)15-14-25(30(28)33)13-5-21-8-16-27(17-9-21)37-31(34,35)36/h2,6,8-11,14-20H,1,3-5,7,12-13H2. The largest absolute Gasteiger partial charge is 0.573 e. The van der Waals surface area contributed by atoms with Crippen molar-refractivity contribution in [3.8, 4) is 5.75 Å². The van der Waals surface area contributed by atoms with Gasteiger partial charge in [-0.2, -0.15) is 0 Å². The number of alkyl halides is 3. The summed E-state index contributed by atoms with van der Waals surface area (Å²) in [6.07, 6.45) is 0.724. The van der Waals surface area contributed by atoms with Crippen molar-refractivity contribution >= 4 is 10.8 Å². The van der Waals surface area contributed by atoms with Crippen LogP contribution in [0, 0.1) is 11.6 Å². The second-order valence-corrected chi connectivity index (χ2v) is 9.04. The SMILES string of the molecule is C=CCCc1ccc(CCc2ccc3c(F)c(CCc4ccc(OC(F)(F)F)cc4)ccc3c2)c(F)c1. The molecular weight excluding hydrogens is 483 g/mol. The fourth-order valence-electron chi connectivity index (χ4n) is 4.37. The third-order valence-corrected chi connectivity index (χ3v) is 6.38. The van der Waals surface area contributed by atoms with Crippen molar-refractivity contribution in [3.05, 3.63) is 125 Å². The molecule has 0 saturated carbocycles. The molecule has 37 heavy (non-hydrogen) atoms. The summed E-state index contributed by atoms with van der Waals surface area (Å²) in [5, 5.41) is 1.28. The molecule has 4 aromatic rings. The molecule has 0 aliphatic carbocycles. The predicted molar refractivity (Wildman–Crippen MR) is 137 cm³/mol. The Balaban J connectivity index is 1.39. The summed E-state index contributed by atoms with van der Waals surface area (Å²) in [6, 6.07) is 20.1. The van der Waals surface area contributed by atoms with Crippen molar-refractivity contribution < 1.29 is 26.7 Å². The zero-order valence-corrected chi connectivity index (χ0v) is 20.3. The molecule has 4 rings (SSSR count). The van der Waals surface area contributed by atoms with E-state index in [1.54, 1.807) is 30.3 Å². The first-order valence-corrected chi connectivity index (χ1v) is 12.1. The first-order valence-electron chi connectivity index (χ1n) is 12.1. The molecule has 0 atom stereocenters. The lowest BCUT2D eigenvalue weighted by molar-refractivity contribution is -0.274. The van der Waals surface area contributed by atoms with Crippen LogP contribution in [0.1, 0.15) is 34.2 Å². The van der Waals surface area contributed by atoms with Gasteiger partial charge in [-0.25, -0.2) is 8.78 Å². The Morgan fingerprint density at radius 1 is 0.676 bits per heavy atom. The molecule has 0 heterocycles. The molecule has 0 aliphatic rings. The second kappa shape index (κ2) is 11.6. The van der Waals surface area contributed by atoms with E-state index in [9.17, 15) is 17.6 Å². The van der Waals surface area contributed by atoms with E-state index in [1.807, 2.05) is 36.4 Å². The lowest BCUT2D eigenvalue weighted by atomic mass is 9.97. The maximum atomic E-state index is 15.2. The zero-order valence-electron chi connectivity index (χ0n) is 20.3. The maximum absolute atomic E-state index is 15.2. The number of halogens is 5. The second-order valence-electron chi connectivity index (χ2n) is 9.04. The van der Waals surface area contributed by atoms with Gasteiger partial charge in [0.1, 0.15) is 17.4 Å². The van der Waals surface area contributed by atoms with Gasteiger partial charge in [-0.05, 0) is 89.9 Å². The van der Waals surface area contributed by atoms with Gasteiger partial charge in [-0.15, -0.1) is 19.8 Å². The maximum Gasteiger partial charge on any atom is 0.573 e. The fourth-order valence-corrected chi connectivity index (χ4v) is 4.37. The van der Waals surface area contributed by atoms with Gasteiger partial charge in [-0.3, -0.25) is 0 Å². The Morgan fingerprint density at radius 2 is 1.30 bits per heavy atom. The molecule has 1 nitrogen and oxygen atoms in total. The topological polar surface area (TPSA) is 9.23 Å². The smallest absolute Gasteiger partial charge is 0.406 e. The van der Waals surface area contributed by atoms with Crippen molar-refractivity contribution in [1.29, 1.82) is 0 Å². The normalized spacial score (nSPS) is 11.6. The number of hydrogen-bond acceptors (Lipinski definition) is 1. The Labute approximate surface area is 213 Å². The van der Waals surface area contributed by atoms with E-state index in [-0.39, 0.29) is 17.4 Å². The van der Waals surface area contributed by atoms with Crippen LogP contribution in [0.2, 0.25) is 0 Å². The van der Waals surface area contributed by atoms with Crippen LogP contribution in [-0.4, -0.2) is 6.36 Å². The number of hydrogen-bond donors (Lipinski definition) is 0. The van der Waals surface area contributed by atoms with Crippen LogP contribution in [0.15, 0.2) is 85.5 Å². The molecule has 0 saturated heterocycles. The molecule has 0 N–H and O–H groups in total. The summed E-state index contributed by atoms with van der Waals surface area (Å²) in [4.78, 5) is 0. The minimum absolute atomic E-state index is 0.208. The monoisotopic (exact) mass is 510 g/mol. The summed E-state index contributed by atoms with van der Waals surface area (Å²) in [5.41, 5.74) is 3.92. The molecule has 4 aromatic carbocycles. The van der Waals surface area contributed by atoms with Crippen LogP contribution < -0.4 is 4.74 Å². The zero-order chi connectivity index (χ0) is 26.4. The Morgan fingerprint density at radius 3 is 2.00 bits per heavy atom. The van der Waals surface area contributed by atoms with Crippen LogP contribution in [0.5, 0.6) is 5.75 Å². The van der Waals surface area contributed by atoms with Gasteiger partial charge in [0.25, 0.3) is 0 Å². The van der Waals surface area contributed by atoms with Gasteiger partial charge in [0.15, 0.2) is 0 Å². The van der Waals surface area contributed by atoms with Crippen molar-refractivity contribution in [1.82, 2.24) is 0 Å². The molecule has 0 aliphatic heterocycles. The van der Waals surface area contributed by atoms with Crippen molar-refractivity contribution in [2.45, 2.75) is 44.9 Å².